The largest absolute Gasteiger partial charge is 0.311 e. The van der Waals surface area contributed by atoms with E-state index in [1.165, 1.54) is 175 Å². The molecule has 0 spiro atoms. The molecule has 20 rings (SSSR count). The Morgan fingerprint density at radius 3 is 0.521 bits per heavy atom. The minimum atomic E-state index is 0.809. The van der Waals surface area contributed by atoms with Crippen LogP contribution < -0.4 is 4.90 Å². The van der Waals surface area contributed by atoms with E-state index in [1.54, 1.807) is 5.56 Å². The van der Waals surface area contributed by atoms with Crippen LogP contribution in [0.1, 0.15) is 87.2 Å². The molecule has 0 bridgehead atoms. The van der Waals surface area contributed by atoms with Crippen LogP contribution in [0.5, 0.6) is 0 Å². The summed E-state index contributed by atoms with van der Waals surface area (Å²) in [6.45, 7) is 0. The van der Waals surface area contributed by atoms with Gasteiger partial charge in [-0.15, -0.1) is 0 Å². The third kappa shape index (κ3) is 26.5. The van der Waals surface area contributed by atoms with Crippen molar-refractivity contribution in [2.45, 2.75) is 76.0 Å². The number of rotatable bonds is 12. The molecule has 2 aliphatic rings. The van der Waals surface area contributed by atoms with Gasteiger partial charge in [-0.1, -0.05) is 500 Å². The fourth-order valence-electron chi connectivity index (χ4n) is 15.3. The molecule has 0 unspecified atom stereocenters. The molecule has 18 aromatic rings. The molecule has 2 aliphatic carbocycles. The van der Waals surface area contributed by atoms with Gasteiger partial charge >= 0.3 is 0 Å². The van der Waals surface area contributed by atoms with Gasteiger partial charge in [-0.3, -0.25) is 0 Å². The zero-order valence-electron chi connectivity index (χ0n) is 68.2. The quantitative estimate of drug-likeness (QED) is 0.118. The maximum atomic E-state index is 2.33. The Labute approximate surface area is 708 Å². The summed E-state index contributed by atoms with van der Waals surface area (Å²) in [5.74, 6) is 1.67. The standard InChI is InChI=1S/C24H18.C18H15N.C18H20.C18H14.C12H16.C12H10.C10H8.C6H6/c1-4-10-19(11-5-1)22-16-23(20-12-6-2-7-13-20)18-24(17-22)21-14-8-3-9-15-21;1-4-10-16(11-5-1)19(17-12-6-2-7-13-17)18-14-8-3-9-15-18;2*1-3-7-15(8-4-1)17-11-13-18(14-12-17)16-9-5-2-6-10-16;2*1-3-7-11(8-4-1)12-9-5-2-6-10-12;1-2-6-10-8-4-3-7-9(10)5-1;1-2-4-6-5-3-1/h1-18H;1-15H;1,3-4,7-8,11-14,16H,2,5-6,9-10H2;1-14H;1,3-4,7-8,12H,2,5-6,9-10H2;1-10H;1-8H;1-6H. The minimum Gasteiger partial charge on any atom is -0.311 e. The molecule has 0 N–H and O–H groups in total. The molecule has 1 heteroatoms. The molecular weight excluding hydrogens is 1430 g/mol. The first-order valence-electron chi connectivity index (χ1n) is 42.3. The Morgan fingerprint density at radius 1 is 0.134 bits per heavy atom. The van der Waals surface area contributed by atoms with Crippen LogP contribution in [0, 0.1) is 0 Å². The first-order chi connectivity index (χ1) is 59.1. The van der Waals surface area contributed by atoms with E-state index in [2.05, 4.69) is 442 Å². The molecule has 0 saturated heterocycles. The van der Waals surface area contributed by atoms with Crippen molar-refractivity contribution in [2.75, 3.05) is 4.90 Å². The van der Waals surface area contributed by atoms with Gasteiger partial charge in [0.05, 0.1) is 0 Å². The molecule has 0 atom stereocenters. The van der Waals surface area contributed by atoms with E-state index in [0.717, 1.165) is 11.8 Å². The number of benzene rings is 18. The summed E-state index contributed by atoms with van der Waals surface area (Å²) in [7, 11) is 0. The van der Waals surface area contributed by atoms with Gasteiger partial charge in [-0.05, 0) is 192 Å². The van der Waals surface area contributed by atoms with E-state index in [9.17, 15) is 0 Å². The lowest BCUT2D eigenvalue weighted by molar-refractivity contribution is 0.443. The average molecular weight is 1540 g/mol. The van der Waals surface area contributed by atoms with Gasteiger partial charge in [0.1, 0.15) is 0 Å². The fraction of sp³-hybridized carbons (Fsp3) is 0.102. The lowest BCUT2D eigenvalue weighted by Crippen LogP contribution is -2.09. The van der Waals surface area contributed by atoms with Crippen molar-refractivity contribution >= 4 is 27.8 Å². The third-order valence-electron chi connectivity index (χ3n) is 21.6. The van der Waals surface area contributed by atoms with Crippen molar-refractivity contribution in [3.63, 3.8) is 0 Å². The van der Waals surface area contributed by atoms with E-state index in [-0.39, 0.29) is 0 Å². The molecule has 0 amide bonds. The molecule has 584 valence electrons. The van der Waals surface area contributed by atoms with E-state index >= 15 is 0 Å². The molecule has 0 radical (unpaired) electrons. The maximum Gasteiger partial charge on any atom is 0.0461 e. The Hall–Kier alpha value is -14.0. The number of para-hydroxylation sites is 3. The lowest BCUT2D eigenvalue weighted by atomic mass is 9.84. The van der Waals surface area contributed by atoms with E-state index in [4.69, 9.17) is 0 Å². The minimum absolute atomic E-state index is 0.809. The Morgan fingerprint density at radius 2 is 0.294 bits per heavy atom. The van der Waals surface area contributed by atoms with Crippen molar-refractivity contribution < 1.29 is 0 Å². The molecule has 2 saturated carbocycles. The second-order valence-corrected chi connectivity index (χ2v) is 29.9. The summed E-state index contributed by atoms with van der Waals surface area (Å²) in [5, 5.41) is 2.62. The van der Waals surface area contributed by atoms with Crippen LogP contribution in [0.25, 0.3) is 88.7 Å². The van der Waals surface area contributed by atoms with E-state index in [0.29, 0.717) is 0 Å². The predicted molar refractivity (Wildman–Crippen MR) is 513 cm³/mol. The highest BCUT2D eigenvalue weighted by molar-refractivity contribution is 5.83. The van der Waals surface area contributed by atoms with Crippen molar-refractivity contribution in [2.24, 2.45) is 0 Å². The predicted octanol–water partition coefficient (Wildman–Crippen LogP) is 33.9. The summed E-state index contributed by atoms with van der Waals surface area (Å²) in [5.41, 5.74) is 24.3. The summed E-state index contributed by atoms with van der Waals surface area (Å²) in [6.07, 6.45) is 14.1. The molecule has 0 aliphatic heterocycles. The molecular formula is C118H107N. The smallest absolute Gasteiger partial charge is 0.0461 e. The summed E-state index contributed by atoms with van der Waals surface area (Å²) >= 11 is 0. The first-order valence-corrected chi connectivity index (χ1v) is 42.3. The molecule has 2 fully saturated rings. The third-order valence-corrected chi connectivity index (χ3v) is 21.6. The Bertz CT molecular complexity index is 5280. The first kappa shape index (κ1) is 83.0. The monoisotopic (exact) mass is 1540 g/mol. The molecule has 18 aromatic carbocycles. The van der Waals surface area contributed by atoms with Gasteiger partial charge in [0.25, 0.3) is 0 Å². The zero-order valence-corrected chi connectivity index (χ0v) is 68.2. The second-order valence-electron chi connectivity index (χ2n) is 29.9. The van der Waals surface area contributed by atoms with E-state index < -0.39 is 0 Å². The molecule has 119 heavy (non-hydrogen) atoms. The molecule has 0 aromatic heterocycles. The lowest BCUT2D eigenvalue weighted by Gasteiger charge is -2.25. The van der Waals surface area contributed by atoms with Gasteiger partial charge in [0.15, 0.2) is 0 Å². The molecule has 0 heterocycles. The highest BCUT2D eigenvalue weighted by Gasteiger charge is 2.17. The number of fused-ring (bicyclic) bond motifs is 1. The topological polar surface area (TPSA) is 3.24 Å². The molecule has 1 nitrogen and oxygen atoms in total. The zero-order chi connectivity index (χ0) is 81.0. The van der Waals surface area contributed by atoms with Crippen LogP contribution in [-0.4, -0.2) is 0 Å². The van der Waals surface area contributed by atoms with Crippen LogP contribution in [0.2, 0.25) is 0 Å². The van der Waals surface area contributed by atoms with Crippen molar-refractivity contribution in [1.29, 1.82) is 0 Å². The Kier molecular flexibility index (Phi) is 32.9. The second kappa shape index (κ2) is 47.1. The van der Waals surface area contributed by atoms with Crippen LogP contribution in [0.4, 0.5) is 17.1 Å². The Balaban J connectivity index is 0.000000120. The summed E-state index contributed by atoms with van der Waals surface area (Å²) in [6, 6.07) is 180. The number of nitrogens with zero attached hydrogens (tertiary/aromatic N) is 1. The summed E-state index contributed by atoms with van der Waals surface area (Å²) < 4.78 is 0. The van der Waals surface area contributed by atoms with Crippen LogP contribution in [-0.2, 0) is 0 Å². The number of hydrogen-bond donors (Lipinski definition) is 0. The number of anilines is 3. The number of hydrogen-bond acceptors (Lipinski definition) is 1. The highest BCUT2D eigenvalue weighted by atomic mass is 15.1. The maximum absolute atomic E-state index is 2.33. The van der Waals surface area contributed by atoms with Crippen LogP contribution in [0.15, 0.2) is 516 Å². The van der Waals surface area contributed by atoms with Crippen molar-refractivity contribution in [3.05, 3.63) is 527 Å². The highest BCUT2D eigenvalue weighted by Crippen LogP contribution is 2.38. The van der Waals surface area contributed by atoms with Crippen LogP contribution in [0.3, 0.4) is 0 Å². The van der Waals surface area contributed by atoms with Gasteiger partial charge in [-0.2, -0.15) is 0 Å². The van der Waals surface area contributed by atoms with Crippen LogP contribution >= 0.6 is 0 Å². The SMILES string of the molecule is c1ccc(-c2cc(-c3ccccc3)cc(-c3ccccc3)c2)cc1.c1ccc(-c2ccc(-c3ccccc3)cc2)cc1.c1ccc(-c2ccc(C3CCCCC3)cc2)cc1.c1ccc(-c2ccccc2)cc1.c1ccc(C2CCCCC2)cc1.c1ccc(N(c2ccccc2)c2ccccc2)cc1.c1ccc2ccccc2c1.c1ccccc1. The van der Waals surface area contributed by atoms with E-state index in [1.807, 2.05) is 78.9 Å². The average Bonchev–Trinajstić information content (AvgIpc) is 0.569. The fourth-order valence-corrected chi connectivity index (χ4v) is 15.3. The van der Waals surface area contributed by atoms with Crippen molar-refractivity contribution in [1.82, 2.24) is 0 Å². The summed E-state index contributed by atoms with van der Waals surface area (Å²) in [4.78, 5) is 2.25. The van der Waals surface area contributed by atoms with Gasteiger partial charge in [0.2, 0.25) is 0 Å². The normalized spacial score (nSPS) is 12.0. The van der Waals surface area contributed by atoms with Gasteiger partial charge in [-0.25, -0.2) is 0 Å². The van der Waals surface area contributed by atoms with Gasteiger partial charge < -0.3 is 4.90 Å². The van der Waals surface area contributed by atoms with Crippen molar-refractivity contribution in [3.8, 4) is 77.9 Å². The van der Waals surface area contributed by atoms with Gasteiger partial charge in [0, 0.05) is 17.1 Å².